The first-order chi connectivity index (χ1) is 5.65. The first-order valence-corrected chi connectivity index (χ1v) is 3.97. The molecule has 0 saturated carbocycles. The van der Waals surface area contributed by atoms with Crippen molar-refractivity contribution >= 4 is 11.6 Å². The molecule has 1 rings (SSSR count). The van der Waals surface area contributed by atoms with Gasteiger partial charge in [-0.05, 0) is 17.7 Å². The van der Waals surface area contributed by atoms with Gasteiger partial charge in [0.25, 0.3) is 0 Å². The Labute approximate surface area is 75.9 Å². The molecule has 1 aromatic carbocycles. The number of phenolic OH excluding ortho intramolecular Hbond substituents is 1. The molecule has 1 unspecified atom stereocenters. The van der Waals surface area contributed by atoms with Crippen LogP contribution in [0, 0.1) is 0 Å². The molecular formula is C8H11ClN2O. The molecule has 0 aliphatic carbocycles. The average Bonchev–Trinajstić information content (AvgIpc) is 2.08. The number of benzene rings is 1. The van der Waals surface area contributed by atoms with Gasteiger partial charge in [-0.15, -0.1) is 0 Å². The van der Waals surface area contributed by atoms with Gasteiger partial charge in [-0.3, -0.25) is 0 Å². The van der Waals surface area contributed by atoms with Crippen LogP contribution >= 0.6 is 11.6 Å². The van der Waals surface area contributed by atoms with E-state index in [-0.39, 0.29) is 11.8 Å². The Kier molecular flexibility index (Phi) is 2.92. The molecular weight excluding hydrogens is 176 g/mol. The van der Waals surface area contributed by atoms with E-state index in [0.29, 0.717) is 11.6 Å². The summed E-state index contributed by atoms with van der Waals surface area (Å²) in [6.45, 7) is 0.362. The van der Waals surface area contributed by atoms with Crippen molar-refractivity contribution in [3.8, 4) is 5.75 Å². The lowest BCUT2D eigenvalue weighted by molar-refractivity contribution is 0.475. The molecule has 0 aliphatic rings. The Morgan fingerprint density at radius 3 is 2.67 bits per heavy atom. The maximum absolute atomic E-state index is 9.09. The van der Waals surface area contributed by atoms with E-state index < -0.39 is 0 Å². The third-order valence-corrected chi connectivity index (χ3v) is 1.96. The Bertz CT molecular complexity index is 278. The molecule has 1 atom stereocenters. The first-order valence-electron chi connectivity index (χ1n) is 3.59. The predicted molar refractivity (Wildman–Crippen MR) is 49.1 cm³/mol. The Morgan fingerprint density at radius 2 is 2.17 bits per heavy atom. The van der Waals surface area contributed by atoms with Gasteiger partial charge in [0.1, 0.15) is 5.75 Å². The summed E-state index contributed by atoms with van der Waals surface area (Å²) in [5.41, 5.74) is 11.8. The third kappa shape index (κ3) is 1.88. The van der Waals surface area contributed by atoms with Crippen LogP contribution in [0.15, 0.2) is 18.2 Å². The molecule has 3 nitrogen and oxygen atoms in total. The quantitative estimate of drug-likeness (QED) is 0.646. The van der Waals surface area contributed by atoms with Crippen LogP contribution in [0.3, 0.4) is 0 Å². The highest BCUT2D eigenvalue weighted by atomic mass is 35.5. The Morgan fingerprint density at radius 1 is 1.50 bits per heavy atom. The van der Waals surface area contributed by atoms with Gasteiger partial charge in [0.15, 0.2) is 0 Å². The van der Waals surface area contributed by atoms with Gasteiger partial charge in [0, 0.05) is 12.6 Å². The number of aromatic hydroxyl groups is 1. The number of halogens is 1. The number of nitrogens with two attached hydrogens (primary N) is 2. The van der Waals surface area contributed by atoms with Crippen molar-refractivity contribution in [2.75, 3.05) is 6.54 Å². The van der Waals surface area contributed by atoms with Crippen molar-refractivity contribution in [3.05, 3.63) is 28.8 Å². The summed E-state index contributed by atoms with van der Waals surface area (Å²) in [4.78, 5) is 0. The number of hydrogen-bond acceptors (Lipinski definition) is 3. The van der Waals surface area contributed by atoms with E-state index in [1.165, 1.54) is 6.07 Å². The van der Waals surface area contributed by atoms with Crippen molar-refractivity contribution in [1.82, 2.24) is 0 Å². The van der Waals surface area contributed by atoms with Gasteiger partial charge in [0.05, 0.1) is 5.02 Å². The summed E-state index contributed by atoms with van der Waals surface area (Å²) in [6.07, 6.45) is 0. The third-order valence-electron chi connectivity index (χ3n) is 1.65. The summed E-state index contributed by atoms with van der Waals surface area (Å²) in [5, 5.41) is 9.40. The van der Waals surface area contributed by atoms with E-state index in [9.17, 15) is 0 Å². The van der Waals surface area contributed by atoms with Crippen LogP contribution < -0.4 is 11.5 Å². The smallest absolute Gasteiger partial charge is 0.134 e. The monoisotopic (exact) mass is 186 g/mol. The normalized spacial score (nSPS) is 12.9. The first kappa shape index (κ1) is 9.32. The lowest BCUT2D eigenvalue weighted by atomic mass is 10.1. The molecule has 0 aromatic heterocycles. The van der Waals surface area contributed by atoms with Crippen molar-refractivity contribution in [2.45, 2.75) is 6.04 Å². The minimum atomic E-state index is -0.219. The fourth-order valence-electron chi connectivity index (χ4n) is 0.890. The molecule has 4 heteroatoms. The molecule has 0 heterocycles. The Hall–Kier alpha value is -0.770. The van der Waals surface area contributed by atoms with Crippen LogP contribution in [0.2, 0.25) is 5.02 Å². The van der Waals surface area contributed by atoms with E-state index in [0.717, 1.165) is 5.56 Å². The Balaban J connectivity index is 2.96. The molecule has 0 bridgehead atoms. The molecule has 0 radical (unpaired) electrons. The fourth-order valence-corrected chi connectivity index (χ4v) is 1.08. The standard InChI is InChI=1S/C8H11ClN2O/c9-6-3-5(7(11)4-10)1-2-8(6)12/h1-3,7,12H,4,10-11H2. The van der Waals surface area contributed by atoms with E-state index in [4.69, 9.17) is 28.2 Å². The zero-order valence-electron chi connectivity index (χ0n) is 6.50. The molecule has 66 valence electrons. The lowest BCUT2D eigenvalue weighted by Gasteiger charge is -2.09. The zero-order valence-corrected chi connectivity index (χ0v) is 7.25. The molecule has 12 heavy (non-hydrogen) atoms. The van der Waals surface area contributed by atoms with Gasteiger partial charge in [0.2, 0.25) is 0 Å². The number of phenols is 1. The highest BCUT2D eigenvalue weighted by Gasteiger charge is 2.05. The second-order valence-electron chi connectivity index (χ2n) is 2.55. The van der Waals surface area contributed by atoms with Crippen LogP contribution in [0.4, 0.5) is 0 Å². The number of rotatable bonds is 2. The average molecular weight is 187 g/mol. The summed E-state index contributed by atoms with van der Waals surface area (Å²) in [6, 6.07) is 4.61. The largest absolute Gasteiger partial charge is 0.506 e. The van der Waals surface area contributed by atoms with Crippen molar-refractivity contribution < 1.29 is 5.11 Å². The van der Waals surface area contributed by atoms with Crippen molar-refractivity contribution in [2.24, 2.45) is 11.5 Å². The molecule has 1 aromatic rings. The van der Waals surface area contributed by atoms with Gasteiger partial charge in [-0.2, -0.15) is 0 Å². The summed E-state index contributed by atoms with van der Waals surface area (Å²) in [7, 11) is 0. The van der Waals surface area contributed by atoms with Crippen LogP contribution in [0.5, 0.6) is 5.75 Å². The molecule has 0 spiro atoms. The highest BCUT2D eigenvalue weighted by molar-refractivity contribution is 6.32. The second kappa shape index (κ2) is 3.76. The topological polar surface area (TPSA) is 72.3 Å². The van der Waals surface area contributed by atoms with Crippen molar-refractivity contribution in [3.63, 3.8) is 0 Å². The maximum atomic E-state index is 9.09. The van der Waals surface area contributed by atoms with E-state index in [2.05, 4.69) is 0 Å². The van der Waals surface area contributed by atoms with Crippen LogP contribution in [-0.4, -0.2) is 11.7 Å². The van der Waals surface area contributed by atoms with Gasteiger partial charge < -0.3 is 16.6 Å². The maximum Gasteiger partial charge on any atom is 0.134 e. The fraction of sp³-hybridized carbons (Fsp3) is 0.250. The summed E-state index contributed by atoms with van der Waals surface area (Å²) >= 11 is 5.67. The minimum Gasteiger partial charge on any atom is -0.506 e. The van der Waals surface area contributed by atoms with E-state index >= 15 is 0 Å². The minimum absolute atomic E-state index is 0.0599. The molecule has 0 saturated heterocycles. The molecule has 0 fully saturated rings. The van der Waals surface area contributed by atoms with Crippen LogP contribution in [0.25, 0.3) is 0 Å². The van der Waals surface area contributed by atoms with Gasteiger partial charge in [-0.1, -0.05) is 17.7 Å². The lowest BCUT2D eigenvalue weighted by Crippen LogP contribution is -2.20. The molecule has 0 amide bonds. The van der Waals surface area contributed by atoms with Crippen LogP contribution in [-0.2, 0) is 0 Å². The van der Waals surface area contributed by atoms with E-state index in [1.54, 1.807) is 12.1 Å². The van der Waals surface area contributed by atoms with Crippen molar-refractivity contribution in [1.29, 1.82) is 0 Å². The second-order valence-corrected chi connectivity index (χ2v) is 2.96. The van der Waals surface area contributed by atoms with Gasteiger partial charge in [-0.25, -0.2) is 0 Å². The highest BCUT2D eigenvalue weighted by Crippen LogP contribution is 2.25. The van der Waals surface area contributed by atoms with Crippen LogP contribution in [0.1, 0.15) is 11.6 Å². The number of hydrogen-bond donors (Lipinski definition) is 3. The molecule has 0 aliphatic heterocycles. The van der Waals surface area contributed by atoms with Gasteiger partial charge >= 0.3 is 0 Å². The molecule has 5 N–H and O–H groups in total. The SMILES string of the molecule is NCC(N)c1ccc(O)c(Cl)c1. The summed E-state index contributed by atoms with van der Waals surface area (Å²) < 4.78 is 0. The van der Waals surface area contributed by atoms with E-state index in [1.807, 2.05) is 0 Å². The summed E-state index contributed by atoms with van der Waals surface area (Å²) in [5.74, 6) is 0.0599. The predicted octanol–water partition coefficient (Wildman–Crippen LogP) is 1.00. The zero-order chi connectivity index (χ0) is 9.14.